The Morgan fingerprint density at radius 3 is 3.17 bits per heavy atom. The van der Waals surface area contributed by atoms with Crippen molar-refractivity contribution in [2.24, 2.45) is 0 Å². The van der Waals surface area contributed by atoms with Crippen molar-refractivity contribution in [1.82, 2.24) is 15.5 Å². The molecule has 0 bridgehead atoms. The molecule has 1 rings (SSSR count). The molecular weight excluding hydrogens is 154 g/mol. The first-order valence-corrected chi connectivity index (χ1v) is 3.89. The average molecular weight is 167 g/mol. The molecule has 0 saturated heterocycles. The largest absolute Gasteiger partial charge is 0.343 e. The molecule has 0 spiro atoms. The molecule has 0 aromatic carbocycles. The van der Waals surface area contributed by atoms with Crippen molar-refractivity contribution in [1.29, 1.82) is 0 Å². The van der Waals surface area contributed by atoms with E-state index >= 15 is 0 Å². The fourth-order valence-corrected chi connectivity index (χ4v) is 0.772. The van der Waals surface area contributed by atoms with Gasteiger partial charge in [0.2, 0.25) is 6.39 Å². The summed E-state index contributed by atoms with van der Waals surface area (Å²) >= 11 is 0. The fourth-order valence-electron chi connectivity index (χ4n) is 0.772. The molecule has 4 heteroatoms. The molecule has 0 amide bonds. The number of hydrogen-bond donors (Lipinski definition) is 1. The van der Waals surface area contributed by atoms with Gasteiger partial charge in [-0.3, -0.25) is 0 Å². The van der Waals surface area contributed by atoms with Crippen LogP contribution in [0.1, 0.15) is 19.2 Å². The van der Waals surface area contributed by atoms with Crippen LogP contribution in [-0.2, 0) is 6.54 Å². The third kappa shape index (κ3) is 3.30. The first-order chi connectivity index (χ1) is 5.79. The molecular formula is C8H13N3O. The fraction of sp³-hybridized carbons (Fsp3) is 0.500. The molecule has 0 fully saturated rings. The van der Waals surface area contributed by atoms with Crippen LogP contribution < -0.4 is 5.32 Å². The highest BCUT2D eigenvalue weighted by Crippen LogP contribution is 1.93. The molecule has 1 aromatic rings. The van der Waals surface area contributed by atoms with Gasteiger partial charge < -0.3 is 9.84 Å². The van der Waals surface area contributed by atoms with E-state index in [9.17, 15) is 0 Å². The molecule has 4 nitrogen and oxygen atoms in total. The van der Waals surface area contributed by atoms with Crippen molar-refractivity contribution < 1.29 is 4.52 Å². The maximum Gasteiger partial charge on any atom is 0.213 e. The predicted octanol–water partition coefficient (Wildman–Crippen LogP) is 1.13. The maximum absolute atomic E-state index is 4.57. The summed E-state index contributed by atoms with van der Waals surface area (Å²) in [6.07, 6.45) is 2.31. The molecule has 0 aliphatic heterocycles. The molecule has 1 heterocycles. The van der Waals surface area contributed by atoms with Crippen molar-refractivity contribution in [2.75, 3.05) is 6.54 Å². The third-order valence-corrected chi connectivity index (χ3v) is 1.42. The van der Waals surface area contributed by atoms with Crippen LogP contribution >= 0.6 is 0 Å². The Morgan fingerprint density at radius 2 is 2.58 bits per heavy atom. The van der Waals surface area contributed by atoms with E-state index in [1.165, 1.54) is 12.0 Å². The van der Waals surface area contributed by atoms with Gasteiger partial charge in [-0.05, 0) is 19.9 Å². The molecule has 1 N–H and O–H groups in total. The van der Waals surface area contributed by atoms with Crippen LogP contribution in [0.4, 0.5) is 0 Å². The maximum atomic E-state index is 4.57. The number of rotatable bonds is 5. The minimum Gasteiger partial charge on any atom is -0.343 e. The number of nitrogens with one attached hydrogen (secondary N) is 1. The Labute approximate surface area is 71.7 Å². The van der Waals surface area contributed by atoms with Gasteiger partial charge in [-0.1, -0.05) is 10.7 Å². The van der Waals surface area contributed by atoms with Gasteiger partial charge in [0, 0.05) is 0 Å². The molecule has 0 atom stereocenters. The molecule has 12 heavy (non-hydrogen) atoms. The lowest BCUT2D eigenvalue weighted by atomic mass is 10.2. The molecule has 66 valence electrons. The van der Waals surface area contributed by atoms with E-state index in [1.807, 2.05) is 6.92 Å². The van der Waals surface area contributed by atoms with Crippen LogP contribution in [0.5, 0.6) is 0 Å². The van der Waals surface area contributed by atoms with Crippen LogP contribution in [0.3, 0.4) is 0 Å². The zero-order chi connectivity index (χ0) is 8.81. The van der Waals surface area contributed by atoms with Gasteiger partial charge in [0.1, 0.15) is 0 Å². The van der Waals surface area contributed by atoms with Crippen LogP contribution in [-0.4, -0.2) is 16.7 Å². The van der Waals surface area contributed by atoms with E-state index in [1.54, 1.807) is 0 Å². The van der Waals surface area contributed by atoms with Gasteiger partial charge >= 0.3 is 0 Å². The summed E-state index contributed by atoms with van der Waals surface area (Å²) in [5.74, 6) is 0.691. The highest BCUT2D eigenvalue weighted by Gasteiger charge is 1.95. The Hall–Kier alpha value is -1.16. The average Bonchev–Trinajstić information content (AvgIpc) is 2.49. The molecule has 0 unspecified atom stereocenters. The van der Waals surface area contributed by atoms with Crippen LogP contribution in [0.15, 0.2) is 23.1 Å². The SMILES string of the molecule is C=C(C)CCNCc1ncon1. The second-order valence-electron chi connectivity index (χ2n) is 2.73. The molecule has 1 aromatic heterocycles. The van der Waals surface area contributed by atoms with Gasteiger partial charge in [0.15, 0.2) is 5.82 Å². The number of aromatic nitrogens is 2. The van der Waals surface area contributed by atoms with Gasteiger partial charge in [-0.25, -0.2) is 0 Å². The van der Waals surface area contributed by atoms with E-state index in [0.717, 1.165) is 13.0 Å². The first kappa shape index (κ1) is 8.93. The lowest BCUT2D eigenvalue weighted by Crippen LogP contribution is -2.15. The molecule has 0 radical (unpaired) electrons. The summed E-state index contributed by atoms with van der Waals surface area (Å²) in [5.41, 5.74) is 1.18. The van der Waals surface area contributed by atoms with Crippen LogP contribution in [0.25, 0.3) is 0 Å². The van der Waals surface area contributed by atoms with Crippen molar-refractivity contribution in [3.8, 4) is 0 Å². The lowest BCUT2D eigenvalue weighted by Gasteiger charge is -1.99. The smallest absolute Gasteiger partial charge is 0.213 e. The Kier molecular flexibility index (Phi) is 3.47. The minimum absolute atomic E-state index is 0.657. The summed E-state index contributed by atoms with van der Waals surface area (Å²) in [6, 6.07) is 0. The van der Waals surface area contributed by atoms with Crippen LogP contribution in [0, 0.1) is 0 Å². The Morgan fingerprint density at radius 1 is 1.75 bits per heavy atom. The highest BCUT2D eigenvalue weighted by molar-refractivity contribution is 4.88. The van der Waals surface area contributed by atoms with E-state index in [0.29, 0.717) is 12.4 Å². The third-order valence-electron chi connectivity index (χ3n) is 1.42. The number of hydrogen-bond acceptors (Lipinski definition) is 4. The molecule has 0 saturated carbocycles. The van der Waals surface area contributed by atoms with E-state index in [2.05, 4.69) is 26.6 Å². The quantitative estimate of drug-likeness (QED) is 0.527. The zero-order valence-electron chi connectivity index (χ0n) is 7.21. The normalized spacial score (nSPS) is 10.1. The van der Waals surface area contributed by atoms with Crippen molar-refractivity contribution in [3.63, 3.8) is 0 Å². The summed E-state index contributed by atoms with van der Waals surface area (Å²) in [6.45, 7) is 7.37. The van der Waals surface area contributed by atoms with E-state index in [-0.39, 0.29) is 0 Å². The minimum atomic E-state index is 0.657. The topological polar surface area (TPSA) is 51.0 Å². The van der Waals surface area contributed by atoms with Crippen molar-refractivity contribution in [2.45, 2.75) is 19.9 Å². The van der Waals surface area contributed by atoms with Gasteiger partial charge in [0.25, 0.3) is 0 Å². The Bertz CT molecular complexity index is 230. The first-order valence-electron chi connectivity index (χ1n) is 3.89. The van der Waals surface area contributed by atoms with Crippen molar-refractivity contribution in [3.05, 3.63) is 24.4 Å². The standard InChI is InChI=1S/C8H13N3O/c1-7(2)3-4-9-5-8-10-6-12-11-8/h6,9H,1,3-5H2,2H3. The van der Waals surface area contributed by atoms with Crippen molar-refractivity contribution >= 4 is 0 Å². The summed E-state index contributed by atoms with van der Waals surface area (Å²) in [7, 11) is 0. The second-order valence-corrected chi connectivity index (χ2v) is 2.73. The number of nitrogens with zero attached hydrogens (tertiary/aromatic N) is 2. The summed E-state index contributed by atoms with van der Waals surface area (Å²) in [5, 5.41) is 6.84. The monoisotopic (exact) mass is 167 g/mol. The zero-order valence-corrected chi connectivity index (χ0v) is 7.21. The Balaban J connectivity index is 2.07. The second kappa shape index (κ2) is 4.66. The van der Waals surface area contributed by atoms with Crippen LogP contribution in [0.2, 0.25) is 0 Å². The highest BCUT2D eigenvalue weighted by atomic mass is 16.5. The lowest BCUT2D eigenvalue weighted by molar-refractivity contribution is 0.407. The van der Waals surface area contributed by atoms with Gasteiger partial charge in [-0.2, -0.15) is 4.98 Å². The molecule has 0 aliphatic carbocycles. The summed E-state index contributed by atoms with van der Waals surface area (Å²) < 4.78 is 4.57. The van der Waals surface area contributed by atoms with Gasteiger partial charge in [0.05, 0.1) is 6.54 Å². The summed E-state index contributed by atoms with van der Waals surface area (Å²) in [4.78, 5) is 3.87. The van der Waals surface area contributed by atoms with E-state index < -0.39 is 0 Å². The molecule has 0 aliphatic rings. The van der Waals surface area contributed by atoms with Gasteiger partial charge in [-0.15, -0.1) is 6.58 Å². The predicted molar refractivity (Wildman–Crippen MR) is 45.4 cm³/mol. The van der Waals surface area contributed by atoms with E-state index in [4.69, 9.17) is 0 Å².